The number of ether oxygens (including phenoxy) is 1. The number of methoxy groups -OCH3 is 1. The standard InChI is InChI=1S/C14H22N2O3S/c1-3-4-11-8-12(11)16-20(17,18)14-7-10(9-15)5-6-13(14)19-2/h5-7,11-12,16H,3-4,8-9,15H2,1-2H3. The van der Waals surface area contributed by atoms with Gasteiger partial charge in [-0.15, -0.1) is 0 Å². The van der Waals surface area contributed by atoms with Crippen LogP contribution < -0.4 is 15.2 Å². The zero-order valence-electron chi connectivity index (χ0n) is 11.9. The lowest BCUT2D eigenvalue weighted by molar-refractivity contribution is 0.402. The lowest BCUT2D eigenvalue weighted by Gasteiger charge is -2.12. The lowest BCUT2D eigenvalue weighted by atomic mass is 10.2. The summed E-state index contributed by atoms with van der Waals surface area (Å²) >= 11 is 0. The van der Waals surface area contributed by atoms with Crippen LogP contribution in [0.4, 0.5) is 0 Å². The van der Waals surface area contributed by atoms with Crippen LogP contribution in [0.3, 0.4) is 0 Å². The zero-order valence-corrected chi connectivity index (χ0v) is 12.7. The fraction of sp³-hybridized carbons (Fsp3) is 0.571. The van der Waals surface area contributed by atoms with Crippen molar-refractivity contribution in [2.75, 3.05) is 7.11 Å². The third-order valence-corrected chi connectivity index (χ3v) is 5.15. The van der Waals surface area contributed by atoms with Gasteiger partial charge in [-0.2, -0.15) is 0 Å². The number of hydrogen-bond donors (Lipinski definition) is 2. The van der Waals surface area contributed by atoms with E-state index in [4.69, 9.17) is 10.5 Å². The van der Waals surface area contributed by atoms with E-state index in [0.717, 1.165) is 24.8 Å². The van der Waals surface area contributed by atoms with Crippen molar-refractivity contribution < 1.29 is 13.2 Å². The Morgan fingerprint density at radius 2 is 2.20 bits per heavy atom. The topological polar surface area (TPSA) is 81.4 Å². The first-order chi connectivity index (χ1) is 9.51. The van der Waals surface area contributed by atoms with Crippen molar-refractivity contribution in [3.05, 3.63) is 23.8 Å². The smallest absolute Gasteiger partial charge is 0.244 e. The summed E-state index contributed by atoms with van der Waals surface area (Å²) in [6.07, 6.45) is 3.06. The van der Waals surface area contributed by atoms with E-state index in [1.165, 1.54) is 7.11 Å². The molecule has 112 valence electrons. The fourth-order valence-corrected chi connectivity index (χ4v) is 3.94. The highest BCUT2D eigenvalue weighted by Gasteiger charge is 2.39. The van der Waals surface area contributed by atoms with E-state index < -0.39 is 10.0 Å². The molecule has 0 saturated heterocycles. The maximum Gasteiger partial charge on any atom is 0.244 e. The normalized spacial score (nSPS) is 21.8. The van der Waals surface area contributed by atoms with E-state index in [1.807, 2.05) is 0 Å². The molecule has 0 spiro atoms. The van der Waals surface area contributed by atoms with Crippen LogP contribution in [0.5, 0.6) is 5.75 Å². The highest BCUT2D eigenvalue weighted by Crippen LogP contribution is 2.36. The van der Waals surface area contributed by atoms with Gasteiger partial charge in [-0.3, -0.25) is 0 Å². The molecule has 2 unspecified atom stereocenters. The molecule has 0 aromatic heterocycles. The molecule has 3 N–H and O–H groups in total. The number of nitrogens with two attached hydrogens (primary N) is 1. The van der Waals surface area contributed by atoms with Gasteiger partial charge >= 0.3 is 0 Å². The van der Waals surface area contributed by atoms with Gasteiger partial charge in [0.2, 0.25) is 10.0 Å². The summed E-state index contributed by atoms with van der Waals surface area (Å²) in [5.74, 6) is 0.820. The van der Waals surface area contributed by atoms with Crippen LogP contribution in [0.15, 0.2) is 23.1 Å². The quantitative estimate of drug-likeness (QED) is 0.801. The van der Waals surface area contributed by atoms with E-state index in [0.29, 0.717) is 18.2 Å². The van der Waals surface area contributed by atoms with Crippen LogP contribution in [0, 0.1) is 5.92 Å². The second kappa shape index (κ2) is 6.11. The molecule has 1 fully saturated rings. The van der Waals surface area contributed by atoms with Gasteiger partial charge < -0.3 is 10.5 Å². The minimum atomic E-state index is -3.55. The molecule has 0 bridgehead atoms. The molecule has 1 aromatic rings. The Morgan fingerprint density at radius 1 is 1.45 bits per heavy atom. The molecule has 0 radical (unpaired) electrons. The first kappa shape index (κ1) is 15.3. The molecule has 2 rings (SSSR count). The minimum Gasteiger partial charge on any atom is -0.495 e. The van der Waals surface area contributed by atoms with Crippen molar-refractivity contribution in [1.29, 1.82) is 0 Å². The van der Waals surface area contributed by atoms with Gasteiger partial charge in [-0.05, 0) is 36.5 Å². The van der Waals surface area contributed by atoms with Crippen molar-refractivity contribution in [3.63, 3.8) is 0 Å². The second-order valence-electron chi connectivity index (χ2n) is 5.20. The summed E-state index contributed by atoms with van der Waals surface area (Å²) in [6.45, 7) is 2.41. The largest absolute Gasteiger partial charge is 0.495 e. The Labute approximate surface area is 120 Å². The highest BCUT2D eigenvalue weighted by atomic mass is 32.2. The molecule has 1 aliphatic carbocycles. The first-order valence-electron chi connectivity index (χ1n) is 6.91. The number of rotatable bonds is 7. The van der Waals surface area contributed by atoms with E-state index in [9.17, 15) is 8.42 Å². The minimum absolute atomic E-state index is 0.0613. The molecular formula is C14H22N2O3S. The van der Waals surface area contributed by atoms with Crippen LogP contribution in [-0.2, 0) is 16.6 Å². The monoisotopic (exact) mass is 298 g/mol. The average Bonchev–Trinajstić information content (AvgIpc) is 3.15. The molecule has 2 atom stereocenters. The lowest BCUT2D eigenvalue weighted by Crippen LogP contribution is -2.27. The van der Waals surface area contributed by atoms with Gasteiger partial charge in [0.15, 0.2) is 0 Å². The maximum absolute atomic E-state index is 12.4. The molecule has 20 heavy (non-hydrogen) atoms. The number of hydrogen-bond acceptors (Lipinski definition) is 4. The summed E-state index contributed by atoms with van der Waals surface area (Å²) in [7, 11) is -2.09. The van der Waals surface area contributed by atoms with Crippen molar-refractivity contribution >= 4 is 10.0 Å². The fourth-order valence-electron chi connectivity index (χ4n) is 2.40. The summed E-state index contributed by atoms with van der Waals surface area (Å²) in [6, 6.07) is 5.06. The van der Waals surface area contributed by atoms with Gasteiger partial charge in [0.25, 0.3) is 0 Å². The molecule has 5 nitrogen and oxygen atoms in total. The molecule has 1 aliphatic rings. The second-order valence-corrected chi connectivity index (χ2v) is 6.88. The van der Waals surface area contributed by atoms with E-state index in [1.54, 1.807) is 18.2 Å². The van der Waals surface area contributed by atoms with Crippen LogP contribution in [0.25, 0.3) is 0 Å². The van der Waals surface area contributed by atoms with Crippen LogP contribution in [-0.4, -0.2) is 21.6 Å². The molecule has 1 saturated carbocycles. The van der Waals surface area contributed by atoms with Gasteiger partial charge in [-0.25, -0.2) is 13.1 Å². The third kappa shape index (κ3) is 3.31. The van der Waals surface area contributed by atoms with E-state index in [2.05, 4.69) is 11.6 Å². The summed E-state index contributed by atoms with van der Waals surface area (Å²) in [5.41, 5.74) is 6.34. The summed E-state index contributed by atoms with van der Waals surface area (Å²) < 4.78 is 32.8. The van der Waals surface area contributed by atoms with Crippen molar-refractivity contribution in [3.8, 4) is 5.75 Å². The van der Waals surface area contributed by atoms with Crippen LogP contribution in [0.1, 0.15) is 31.7 Å². The Kier molecular flexibility index (Phi) is 4.67. The molecule has 1 aromatic carbocycles. The van der Waals surface area contributed by atoms with Crippen LogP contribution in [0.2, 0.25) is 0 Å². The maximum atomic E-state index is 12.4. The molecular weight excluding hydrogens is 276 g/mol. The average molecular weight is 298 g/mol. The number of nitrogens with one attached hydrogen (secondary N) is 1. The Morgan fingerprint density at radius 3 is 2.80 bits per heavy atom. The zero-order chi connectivity index (χ0) is 14.8. The Balaban J connectivity index is 2.20. The SMILES string of the molecule is CCCC1CC1NS(=O)(=O)c1cc(CN)ccc1OC. The predicted octanol–water partition coefficient (Wildman–Crippen LogP) is 1.62. The highest BCUT2D eigenvalue weighted by molar-refractivity contribution is 7.89. The van der Waals surface area contributed by atoms with Gasteiger partial charge in [0.1, 0.15) is 10.6 Å². The molecule has 0 aliphatic heterocycles. The van der Waals surface area contributed by atoms with E-state index in [-0.39, 0.29) is 10.9 Å². The Bertz CT molecular complexity index is 572. The first-order valence-corrected chi connectivity index (χ1v) is 8.39. The Hall–Kier alpha value is -1.11. The molecule has 0 heterocycles. The third-order valence-electron chi connectivity index (χ3n) is 3.64. The van der Waals surface area contributed by atoms with Crippen LogP contribution >= 0.6 is 0 Å². The van der Waals surface area contributed by atoms with E-state index >= 15 is 0 Å². The molecule has 6 heteroatoms. The summed E-state index contributed by atoms with van der Waals surface area (Å²) in [5, 5.41) is 0. The number of sulfonamides is 1. The molecule has 0 amide bonds. The van der Waals surface area contributed by atoms with Gasteiger partial charge in [0.05, 0.1) is 7.11 Å². The van der Waals surface area contributed by atoms with Gasteiger partial charge in [0, 0.05) is 12.6 Å². The van der Waals surface area contributed by atoms with Crippen molar-refractivity contribution in [2.45, 2.75) is 43.7 Å². The van der Waals surface area contributed by atoms with Crippen molar-refractivity contribution in [2.24, 2.45) is 11.7 Å². The number of benzene rings is 1. The van der Waals surface area contributed by atoms with Gasteiger partial charge in [-0.1, -0.05) is 19.4 Å². The van der Waals surface area contributed by atoms with Crippen molar-refractivity contribution in [1.82, 2.24) is 4.72 Å². The summed E-state index contributed by atoms with van der Waals surface area (Å²) in [4.78, 5) is 0.171. The predicted molar refractivity (Wildman–Crippen MR) is 78.0 cm³/mol.